The number of hydrogen-bond donors (Lipinski definition) is 1. The van der Waals surface area contributed by atoms with Gasteiger partial charge in [0.05, 0.1) is 25.7 Å². The molecule has 1 saturated heterocycles. The maximum atomic E-state index is 13.3. The largest absolute Gasteiger partial charge is 0.481 e. The van der Waals surface area contributed by atoms with E-state index in [1.54, 1.807) is 4.90 Å². The maximum absolute atomic E-state index is 13.3. The molecule has 11 atom stereocenters. The molecular weight excluding hydrogens is 558 g/mol. The Morgan fingerprint density at radius 3 is 2.30 bits per heavy atom. The molecule has 4 aliphatic carbocycles. The van der Waals surface area contributed by atoms with Crippen molar-refractivity contribution in [1.29, 1.82) is 0 Å². The number of allylic oxidation sites excluding steroid dienone is 1. The third-order valence-corrected chi connectivity index (χ3v) is 14.1. The average Bonchev–Trinajstić information content (AvgIpc) is 2.90. The van der Waals surface area contributed by atoms with Crippen molar-refractivity contribution in [3.63, 3.8) is 0 Å². The second-order valence-corrected chi connectivity index (χ2v) is 16.8. The number of esters is 2. The van der Waals surface area contributed by atoms with Crippen molar-refractivity contribution in [3.8, 4) is 0 Å². The second kappa shape index (κ2) is 11.1. The topological polar surface area (TPSA) is 102 Å². The minimum atomic E-state index is -0.666. The number of fused-ring (bicyclic) bond motifs is 3. The first kappa shape index (κ1) is 33.4. The highest BCUT2D eigenvalue weighted by Gasteiger charge is 2.72. The van der Waals surface area contributed by atoms with Crippen LogP contribution in [0.5, 0.6) is 0 Å². The number of rotatable bonds is 7. The Bertz CT molecular complexity index is 1210. The normalized spacial score (nSPS) is 45.4. The molecular formula is C36H57NO7. The highest BCUT2D eigenvalue weighted by molar-refractivity contribution is 5.73. The quantitative estimate of drug-likeness (QED) is 0.276. The summed E-state index contributed by atoms with van der Waals surface area (Å²) in [6.45, 7) is 18.3. The minimum Gasteiger partial charge on any atom is -0.481 e. The van der Waals surface area contributed by atoms with Gasteiger partial charge in [-0.25, -0.2) is 0 Å². The number of carboxylic acid groups (broad SMARTS) is 1. The van der Waals surface area contributed by atoms with Gasteiger partial charge in [-0.15, -0.1) is 0 Å². The summed E-state index contributed by atoms with van der Waals surface area (Å²) in [6, 6.07) is 0. The molecule has 0 aromatic carbocycles. The first-order chi connectivity index (χ1) is 20.4. The van der Waals surface area contributed by atoms with E-state index in [1.807, 2.05) is 14.1 Å². The Labute approximate surface area is 264 Å². The molecule has 0 aromatic heterocycles. The number of ether oxygens (including phenoxy) is 3. The van der Waals surface area contributed by atoms with E-state index in [4.69, 9.17) is 14.2 Å². The fourth-order valence-electron chi connectivity index (χ4n) is 11.5. The van der Waals surface area contributed by atoms with Crippen LogP contribution in [0, 0.1) is 56.7 Å². The molecule has 5 aliphatic rings. The van der Waals surface area contributed by atoms with Crippen molar-refractivity contribution in [2.45, 2.75) is 106 Å². The standard InChI is InChI=1S/C36H57NO7/c1-21(2)22(3)32(5)15-16-34(7)24-11-12-27-33(6)19-42-20-36(27,25(24)13-14-35(34,8)29(32)31(40)41)17-26(43-23(4)38)30(33)44-28(39)18-37(9)10/h13,21-22,24,26-27,29-30H,11-12,14-20H2,1-10H3,(H,40,41)/t22-,24+,26-,27+,29-,30+,32-,33+,34-,35+,36-/m1/s1. The lowest BCUT2D eigenvalue weighted by molar-refractivity contribution is -0.263. The number of aliphatic carboxylic acids is 1. The lowest BCUT2D eigenvalue weighted by Crippen LogP contribution is -2.70. The molecule has 1 heterocycles. The van der Waals surface area contributed by atoms with Crippen LogP contribution in [-0.2, 0) is 28.6 Å². The summed E-state index contributed by atoms with van der Waals surface area (Å²) in [5, 5.41) is 10.9. The molecule has 44 heavy (non-hydrogen) atoms. The van der Waals surface area contributed by atoms with Gasteiger partial charge in [-0.2, -0.15) is 0 Å². The van der Waals surface area contributed by atoms with Crippen molar-refractivity contribution in [2.75, 3.05) is 33.9 Å². The van der Waals surface area contributed by atoms with E-state index in [2.05, 4.69) is 54.5 Å². The predicted molar refractivity (Wildman–Crippen MR) is 168 cm³/mol. The SMILES string of the molecule is CC(=O)O[C@@H]1C[C@]23COC[C@@](C)([C@@H]2CC[C@H]2C3=CC[C@@]3(C)[C@H](C(=O)O)[C@@](C)([C@H](C)C(C)C)CC[C@]23C)[C@H]1OC(=O)CN(C)C. The van der Waals surface area contributed by atoms with Crippen LogP contribution in [0.1, 0.15) is 93.9 Å². The average molecular weight is 616 g/mol. The summed E-state index contributed by atoms with van der Waals surface area (Å²) in [5.41, 5.74) is -0.394. The predicted octanol–water partition coefficient (Wildman–Crippen LogP) is 5.98. The number of nitrogens with zero attached hydrogens (tertiary/aromatic N) is 1. The number of carbonyl (C=O) groups excluding carboxylic acids is 2. The molecule has 0 unspecified atom stereocenters. The minimum absolute atomic E-state index is 0.152. The van der Waals surface area contributed by atoms with Gasteiger partial charge in [0.2, 0.25) is 0 Å². The zero-order chi connectivity index (χ0) is 32.6. The molecule has 5 rings (SSSR count). The Balaban J connectivity index is 1.59. The first-order valence-electron chi connectivity index (χ1n) is 16.9. The van der Waals surface area contributed by atoms with Crippen LogP contribution in [0.3, 0.4) is 0 Å². The zero-order valence-corrected chi connectivity index (χ0v) is 28.8. The molecule has 248 valence electrons. The lowest BCUT2D eigenvalue weighted by Gasteiger charge is -2.71. The summed E-state index contributed by atoms with van der Waals surface area (Å²) in [6.07, 6.45) is 6.27. The van der Waals surface area contributed by atoms with Crippen LogP contribution in [0.15, 0.2) is 11.6 Å². The first-order valence-corrected chi connectivity index (χ1v) is 16.9. The van der Waals surface area contributed by atoms with Gasteiger partial charge in [0.15, 0.2) is 0 Å². The van der Waals surface area contributed by atoms with Crippen molar-refractivity contribution in [2.24, 2.45) is 56.7 Å². The number of carbonyl (C=O) groups is 3. The number of hydrogen-bond acceptors (Lipinski definition) is 7. The monoisotopic (exact) mass is 615 g/mol. The smallest absolute Gasteiger partial charge is 0.320 e. The fraction of sp³-hybridized carbons (Fsp3) is 0.861. The molecule has 4 fully saturated rings. The van der Waals surface area contributed by atoms with Crippen LogP contribution < -0.4 is 0 Å². The Kier molecular flexibility index (Phi) is 8.44. The highest BCUT2D eigenvalue weighted by atomic mass is 16.6. The molecule has 3 saturated carbocycles. The Hall–Kier alpha value is -1.93. The van der Waals surface area contributed by atoms with Crippen molar-refractivity contribution >= 4 is 17.9 Å². The molecule has 8 nitrogen and oxygen atoms in total. The summed E-state index contributed by atoms with van der Waals surface area (Å²) in [4.78, 5) is 40.5. The van der Waals surface area contributed by atoms with Gasteiger partial charge in [0.1, 0.15) is 12.2 Å². The van der Waals surface area contributed by atoms with E-state index in [1.165, 1.54) is 12.5 Å². The van der Waals surface area contributed by atoms with Gasteiger partial charge in [0, 0.05) is 17.8 Å². The Morgan fingerprint density at radius 2 is 1.70 bits per heavy atom. The van der Waals surface area contributed by atoms with Crippen LogP contribution in [-0.4, -0.2) is 74.0 Å². The van der Waals surface area contributed by atoms with Crippen LogP contribution in [0.4, 0.5) is 0 Å². The molecule has 0 spiro atoms. The van der Waals surface area contributed by atoms with E-state index in [0.717, 1.165) is 25.7 Å². The van der Waals surface area contributed by atoms with Gasteiger partial charge in [0.25, 0.3) is 0 Å². The van der Waals surface area contributed by atoms with Crippen molar-refractivity contribution in [1.82, 2.24) is 4.90 Å². The summed E-state index contributed by atoms with van der Waals surface area (Å²) >= 11 is 0. The van der Waals surface area contributed by atoms with E-state index in [9.17, 15) is 19.5 Å². The van der Waals surface area contributed by atoms with E-state index >= 15 is 0 Å². The van der Waals surface area contributed by atoms with E-state index < -0.39 is 34.9 Å². The Morgan fingerprint density at radius 1 is 1.02 bits per heavy atom. The zero-order valence-electron chi connectivity index (χ0n) is 28.8. The van der Waals surface area contributed by atoms with Crippen LogP contribution in [0.2, 0.25) is 0 Å². The van der Waals surface area contributed by atoms with Crippen molar-refractivity contribution < 1.29 is 33.7 Å². The summed E-state index contributed by atoms with van der Waals surface area (Å²) < 4.78 is 18.7. The third kappa shape index (κ3) is 4.70. The van der Waals surface area contributed by atoms with Gasteiger partial charge >= 0.3 is 17.9 Å². The van der Waals surface area contributed by atoms with Gasteiger partial charge in [-0.3, -0.25) is 19.3 Å². The lowest BCUT2D eigenvalue weighted by atomic mass is 9.34. The van der Waals surface area contributed by atoms with E-state index in [0.29, 0.717) is 32.0 Å². The molecule has 1 N–H and O–H groups in total. The molecule has 0 amide bonds. The third-order valence-electron chi connectivity index (χ3n) is 14.1. The van der Waals surface area contributed by atoms with E-state index in [-0.39, 0.29) is 52.5 Å². The fourth-order valence-corrected chi connectivity index (χ4v) is 11.5. The number of carboxylic acids is 1. The highest BCUT2D eigenvalue weighted by Crippen LogP contribution is 2.75. The van der Waals surface area contributed by atoms with Crippen LogP contribution in [0.25, 0.3) is 0 Å². The number of likely N-dealkylation sites (N-methyl/N-ethyl adjacent to an activating group) is 1. The van der Waals surface area contributed by atoms with Gasteiger partial charge in [-0.05, 0) is 92.5 Å². The van der Waals surface area contributed by atoms with Gasteiger partial charge < -0.3 is 19.3 Å². The molecule has 0 radical (unpaired) electrons. The summed E-state index contributed by atoms with van der Waals surface area (Å²) in [7, 11) is 3.67. The van der Waals surface area contributed by atoms with Crippen molar-refractivity contribution in [3.05, 3.63) is 11.6 Å². The van der Waals surface area contributed by atoms with Gasteiger partial charge in [-0.1, -0.05) is 60.1 Å². The second-order valence-electron chi connectivity index (χ2n) is 16.8. The molecule has 1 aliphatic heterocycles. The maximum Gasteiger partial charge on any atom is 0.320 e. The molecule has 2 bridgehead atoms. The molecule has 0 aromatic rings. The van der Waals surface area contributed by atoms with Crippen LogP contribution >= 0.6 is 0 Å². The summed E-state index contributed by atoms with van der Waals surface area (Å²) in [5.74, 6) is -0.716. The molecule has 8 heteroatoms.